The maximum Gasteiger partial charge on any atom is 0.308 e. The number of rotatable bonds is 4. The van der Waals surface area contributed by atoms with Crippen LogP contribution in [0.15, 0.2) is 58.4 Å². The molecule has 0 bridgehead atoms. The molecule has 0 spiro atoms. The first kappa shape index (κ1) is 25.2. The van der Waals surface area contributed by atoms with Gasteiger partial charge in [-0.1, -0.05) is 46.8 Å². The van der Waals surface area contributed by atoms with Gasteiger partial charge in [0.15, 0.2) is 0 Å². The van der Waals surface area contributed by atoms with E-state index in [0.29, 0.717) is 52.5 Å². The van der Waals surface area contributed by atoms with Crippen molar-refractivity contribution in [3.05, 3.63) is 73.7 Å². The summed E-state index contributed by atoms with van der Waals surface area (Å²) in [6.45, 7) is 1.65. The maximum atomic E-state index is 13.8. The van der Waals surface area contributed by atoms with Gasteiger partial charge in [0.2, 0.25) is 17.7 Å². The molecule has 1 aromatic heterocycles. The van der Waals surface area contributed by atoms with Gasteiger partial charge in [0.05, 0.1) is 29.8 Å². The summed E-state index contributed by atoms with van der Waals surface area (Å²) in [7, 11) is 0. The molecule has 3 aromatic rings. The normalized spacial score (nSPS) is 22.9. The van der Waals surface area contributed by atoms with Gasteiger partial charge in [0.1, 0.15) is 17.5 Å². The lowest BCUT2D eigenvalue weighted by Gasteiger charge is -2.31. The summed E-state index contributed by atoms with van der Waals surface area (Å²) in [5.41, 5.74) is 1.12. The molecule has 0 aliphatic carbocycles. The largest absolute Gasteiger partial charge is 0.508 e. The summed E-state index contributed by atoms with van der Waals surface area (Å²) >= 11 is 8.19. The minimum atomic E-state index is -0.789. The Morgan fingerprint density at radius 3 is 2.37 bits per heavy atom. The summed E-state index contributed by atoms with van der Waals surface area (Å²) in [6.07, 6.45) is 0. The van der Waals surface area contributed by atoms with Gasteiger partial charge in [-0.2, -0.15) is 0 Å². The molecule has 3 aliphatic heterocycles. The highest BCUT2D eigenvalue weighted by Crippen LogP contribution is 2.54. The topological polar surface area (TPSA) is 109 Å². The number of thioether (sulfide) groups is 1. The Morgan fingerprint density at radius 2 is 1.68 bits per heavy atom. The molecule has 9 nitrogen and oxygen atoms in total. The molecule has 1 N–H and O–H groups in total. The summed E-state index contributed by atoms with van der Waals surface area (Å²) in [6, 6.07) is 12.9. The number of halogens is 1. The highest BCUT2D eigenvalue weighted by atomic mass is 35.5. The molecule has 38 heavy (non-hydrogen) atoms. The number of anilines is 1. The highest BCUT2D eigenvalue weighted by molar-refractivity contribution is 8.00. The average molecular weight is 572 g/mol. The Bertz CT molecular complexity index is 1480. The quantitative estimate of drug-likeness (QED) is 0.480. The lowest BCUT2D eigenvalue weighted by Crippen LogP contribution is -2.43. The van der Waals surface area contributed by atoms with Crippen molar-refractivity contribution in [1.82, 2.24) is 9.47 Å². The predicted octanol–water partition coefficient (Wildman–Crippen LogP) is 2.92. The number of aromatic nitrogens is 1. The molecule has 12 heteroatoms. The second-order valence-electron chi connectivity index (χ2n) is 9.24. The lowest BCUT2D eigenvalue weighted by atomic mass is 9.83. The predicted molar refractivity (Wildman–Crippen MR) is 143 cm³/mol. The van der Waals surface area contributed by atoms with Crippen LogP contribution < -0.4 is 9.77 Å². The first-order chi connectivity index (χ1) is 18.3. The van der Waals surface area contributed by atoms with E-state index < -0.39 is 17.1 Å². The molecular weight excluding hydrogens is 550 g/mol. The van der Waals surface area contributed by atoms with Gasteiger partial charge < -0.3 is 14.7 Å². The summed E-state index contributed by atoms with van der Waals surface area (Å²) in [5.74, 6) is -2.24. The average Bonchev–Trinajstić information content (AvgIpc) is 3.36. The van der Waals surface area contributed by atoms with Crippen molar-refractivity contribution in [1.29, 1.82) is 0 Å². The number of hydrogen-bond acceptors (Lipinski definition) is 8. The summed E-state index contributed by atoms with van der Waals surface area (Å²) in [5, 5.41) is 10.1. The van der Waals surface area contributed by atoms with Crippen LogP contribution in [0, 0.1) is 5.92 Å². The number of fused-ring (bicyclic) bond motifs is 2. The number of phenols is 1. The molecule has 3 unspecified atom stereocenters. The van der Waals surface area contributed by atoms with E-state index in [1.807, 2.05) is 0 Å². The number of morpholine rings is 1. The summed E-state index contributed by atoms with van der Waals surface area (Å²) in [4.78, 5) is 56.9. The van der Waals surface area contributed by atoms with Crippen LogP contribution in [-0.4, -0.2) is 63.8 Å². The van der Waals surface area contributed by atoms with Crippen molar-refractivity contribution < 1.29 is 24.2 Å². The van der Waals surface area contributed by atoms with E-state index in [0.717, 1.165) is 11.3 Å². The number of carbonyl (C=O) groups excluding carboxylic acids is 3. The van der Waals surface area contributed by atoms with Crippen LogP contribution in [0.2, 0.25) is 5.02 Å². The van der Waals surface area contributed by atoms with E-state index >= 15 is 0 Å². The molecule has 4 heterocycles. The van der Waals surface area contributed by atoms with Crippen molar-refractivity contribution in [3.63, 3.8) is 0 Å². The molecule has 3 amide bonds. The zero-order valence-electron chi connectivity index (χ0n) is 19.9. The van der Waals surface area contributed by atoms with E-state index in [-0.39, 0.29) is 34.9 Å². The molecule has 2 fully saturated rings. The van der Waals surface area contributed by atoms with E-state index in [1.165, 1.54) is 33.4 Å². The number of thiazole rings is 1. The van der Waals surface area contributed by atoms with Crippen LogP contribution >= 0.6 is 34.7 Å². The zero-order valence-corrected chi connectivity index (χ0v) is 22.3. The van der Waals surface area contributed by atoms with Crippen LogP contribution in [-0.2, 0) is 25.7 Å². The number of hydrogen-bond donors (Lipinski definition) is 1. The number of amides is 3. The van der Waals surface area contributed by atoms with Crippen molar-refractivity contribution >= 4 is 58.1 Å². The third-order valence-electron chi connectivity index (χ3n) is 7.04. The van der Waals surface area contributed by atoms with E-state index in [4.69, 9.17) is 16.3 Å². The summed E-state index contributed by atoms with van der Waals surface area (Å²) < 4.78 is 6.75. The monoisotopic (exact) mass is 571 g/mol. The Hall–Kier alpha value is -3.12. The standard InChI is InChI=1S/C26H22ClN3O6S2/c27-15-3-5-16(6-4-15)30-23(33)20-19(14-1-7-17(31)8-2-14)22-25(37-21(20)24(30)34)29(26(35)38-22)13-18(32)28-9-11-36-12-10-28/h1-8,19-21,31H,9-13H2. The third kappa shape index (κ3) is 4.23. The van der Waals surface area contributed by atoms with E-state index in [9.17, 15) is 24.3 Å². The van der Waals surface area contributed by atoms with Crippen molar-refractivity contribution in [3.8, 4) is 5.75 Å². The van der Waals surface area contributed by atoms with Crippen molar-refractivity contribution in [2.45, 2.75) is 22.7 Å². The molecule has 3 atom stereocenters. The van der Waals surface area contributed by atoms with Crippen LogP contribution in [0.25, 0.3) is 0 Å². The second kappa shape index (κ2) is 9.88. The van der Waals surface area contributed by atoms with Gasteiger partial charge in [-0.15, -0.1) is 0 Å². The van der Waals surface area contributed by atoms with Gasteiger partial charge in [-0.3, -0.25) is 23.7 Å². The minimum absolute atomic E-state index is 0.0641. The number of benzene rings is 2. The van der Waals surface area contributed by atoms with Crippen LogP contribution in [0.3, 0.4) is 0 Å². The minimum Gasteiger partial charge on any atom is -0.508 e. The van der Waals surface area contributed by atoms with Crippen LogP contribution in [0.1, 0.15) is 16.4 Å². The SMILES string of the molecule is O=C(Cn1c2c(sc1=O)C(c1ccc(O)cc1)C1C(=O)N(c3ccc(Cl)cc3)C(=O)C1S2)N1CCOCC1. The number of ether oxygens (including phenoxy) is 1. The fourth-order valence-electron chi connectivity index (χ4n) is 5.19. The van der Waals surface area contributed by atoms with Gasteiger partial charge in [0.25, 0.3) is 0 Å². The molecule has 2 saturated heterocycles. The fourth-order valence-corrected chi connectivity index (χ4v) is 8.09. The van der Waals surface area contributed by atoms with E-state index in [1.54, 1.807) is 41.3 Å². The van der Waals surface area contributed by atoms with Gasteiger partial charge >= 0.3 is 4.87 Å². The maximum absolute atomic E-state index is 13.8. The van der Waals surface area contributed by atoms with Gasteiger partial charge in [0, 0.05) is 28.9 Å². The fraction of sp³-hybridized carbons (Fsp3) is 0.308. The number of nitrogens with zero attached hydrogens (tertiary/aromatic N) is 3. The zero-order chi connectivity index (χ0) is 26.6. The van der Waals surface area contributed by atoms with E-state index in [2.05, 4.69) is 0 Å². The first-order valence-electron chi connectivity index (χ1n) is 12.0. The Morgan fingerprint density at radius 1 is 1.00 bits per heavy atom. The number of phenolic OH excluding ortho intramolecular Hbond substituents is 1. The number of aromatic hydroxyl groups is 1. The smallest absolute Gasteiger partial charge is 0.308 e. The Labute approximate surface area is 230 Å². The first-order valence-corrected chi connectivity index (χ1v) is 14.1. The molecule has 6 rings (SSSR count). The van der Waals surface area contributed by atoms with Gasteiger partial charge in [-0.25, -0.2) is 4.90 Å². The third-order valence-corrected chi connectivity index (χ3v) is 9.90. The number of carbonyl (C=O) groups is 3. The number of imide groups is 1. The molecule has 196 valence electrons. The highest BCUT2D eigenvalue weighted by Gasteiger charge is 2.56. The molecule has 2 aromatic carbocycles. The van der Waals surface area contributed by atoms with Crippen LogP contribution in [0.4, 0.5) is 5.69 Å². The Balaban J connectivity index is 1.43. The molecule has 0 saturated carbocycles. The molecular formula is C26H22ClN3O6S2. The van der Waals surface area contributed by atoms with Crippen molar-refractivity contribution in [2.24, 2.45) is 5.92 Å². The van der Waals surface area contributed by atoms with Gasteiger partial charge in [-0.05, 0) is 42.0 Å². The molecule has 3 aliphatic rings. The van der Waals surface area contributed by atoms with Crippen molar-refractivity contribution in [2.75, 3.05) is 31.2 Å². The lowest BCUT2D eigenvalue weighted by molar-refractivity contribution is -0.136. The molecule has 0 radical (unpaired) electrons. The second-order valence-corrected chi connectivity index (χ2v) is 11.8. The van der Waals surface area contributed by atoms with Crippen LogP contribution in [0.5, 0.6) is 5.75 Å². The Kier molecular flexibility index (Phi) is 6.55.